The molecule has 3 rings (SSSR count). The van der Waals surface area contributed by atoms with Crippen molar-refractivity contribution >= 4 is 22.0 Å². The van der Waals surface area contributed by atoms with Crippen molar-refractivity contribution in [2.24, 2.45) is 0 Å². The van der Waals surface area contributed by atoms with E-state index in [1.165, 1.54) is 13.2 Å². The Morgan fingerprint density at radius 2 is 2.17 bits per heavy atom. The quantitative estimate of drug-likeness (QED) is 0.759. The largest absolute Gasteiger partial charge is 0.496 e. The molecule has 1 unspecified atom stereocenters. The number of aromatic nitrogens is 4. The molecule has 126 valence electrons. The molecule has 0 amide bonds. The standard InChI is InChI=1S/C16H18N4O3S/c1-9-7-17-12(10(2)14(9)23-4)8-24(21)16-18-11-5-6-13(22-3)19-15(11)20-16/h5-7H,8H2,1-4H3,(H,18,19,20)/i3D3,7D. The molecule has 3 aromatic rings. The van der Waals surface area contributed by atoms with Crippen molar-refractivity contribution in [2.45, 2.75) is 24.8 Å². The normalized spacial score (nSPS) is 15.3. The van der Waals surface area contributed by atoms with Gasteiger partial charge in [0, 0.05) is 23.4 Å². The van der Waals surface area contributed by atoms with Gasteiger partial charge in [0.2, 0.25) is 5.88 Å². The lowest BCUT2D eigenvalue weighted by Crippen LogP contribution is -2.05. The molecule has 0 bridgehead atoms. The highest BCUT2D eigenvalue weighted by molar-refractivity contribution is 7.84. The van der Waals surface area contributed by atoms with Gasteiger partial charge in [-0.05, 0) is 19.9 Å². The third-order valence-electron chi connectivity index (χ3n) is 3.56. The lowest BCUT2D eigenvalue weighted by molar-refractivity contribution is 0.399. The van der Waals surface area contributed by atoms with E-state index < -0.39 is 17.8 Å². The Hall–Kier alpha value is -2.48. The summed E-state index contributed by atoms with van der Waals surface area (Å²) in [6.07, 6.45) is 0.0622. The maximum Gasteiger partial charge on any atom is 0.215 e. The van der Waals surface area contributed by atoms with Crippen molar-refractivity contribution in [3.8, 4) is 11.6 Å². The van der Waals surface area contributed by atoms with Crippen LogP contribution in [0.4, 0.5) is 0 Å². The second-order valence-corrected chi connectivity index (χ2v) is 6.47. The molecule has 0 radical (unpaired) electrons. The summed E-state index contributed by atoms with van der Waals surface area (Å²) in [7, 11) is -2.70. The van der Waals surface area contributed by atoms with Crippen molar-refractivity contribution in [3.63, 3.8) is 0 Å². The SMILES string of the molecule is [2H]c1nc(CS(=O)c2nc3nc(OC([2H])([2H])[2H])ccc3[nH]2)c(C)c(OC)c1C. The molecule has 3 heterocycles. The first-order valence-corrected chi connectivity index (χ1v) is 8.35. The van der Waals surface area contributed by atoms with Gasteiger partial charge in [0.25, 0.3) is 0 Å². The lowest BCUT2D eigenvalue weighted by atomic mass is 10.1. The van der Waals surface area contributed by atoms with E-state index in [1.54, 1.807) is 19.9 Å². The number of rotatable bonds is 5. The van der Waals surface area contributed by atoms with E-state index in [-0.39, 0.29) is 28.6 Å². The van der Waals surface area contributed by atoms with Crippen LogP contribution in [0.15, 0.2) is 23.5 Å². The van der Waals surface area contributed by atoms with Gasteiger partial charge in [-0.3, -0.25) is 9.19 Å². The topological polar surface area (TPSA) is 90.0 Å². The molecular weight excluding hydrogens is 328 g/mol. The first-order chi connectivity index (χ1) is 13.1. The predicted molar refractivity (Wildman–Crippen MR) is 90.8 cm³/mol. The molecular formula is C16H18N4O3S. The second kappa shape index (κ2) is 6.56. The van der Waals surface area contributed by atoms with Crippen LogP contribution in [0, 0.1) is 13.8 Å². The minimum Gasteiger partial charge on any atom is -0.496 e. The Kier molecular flexibility index (Phi) is 3.27. The van der Waals surface area contributed by atoms with E-state index in [2.05, 4.69) is 19.9 Å². The van der Waals surface area contributed by atoms with Crippen molar-refractivity contribution in [1.29, 1.82) is 0 Å². The van der Waals surface area contributed by atoms with Crippen LogP contribution in [0.3, 0.4) is 0 Å². The van der Waals surface area contributed by atoms with Gasteiger partial charge in [0.05, 0.1) is 47.4 Å². The molecule has 0 saturated heterocycles. The van der Waals surface area contributed by atoms with E-state index in [0.29, 0.717) is 28.1 Å². The molecule has 0 saturated carbocycles. The number of imidazole rings is 1. The van der Waals surface area contributed by atoms with Gasteiger partial charge in [-0.2, -0.15) is 4.98 Å². The summed E-state index contributed by atoms with van der Waals surface area (Å²) >= 11 is 0. The summed E-state index contributed by atoms with van der Waals surface area (Å²) in [5.74, 6) is 0.480. The molecule has 0 spiro atoms. The van der Waals surface area contributed by atoms with Gasteiger partial charge >= 0.3 is 0 Å². The number of hydrogen-bond acceptors (Lipinski definition) is 6. The zero-order chi connectivity index (χ0) is 20.6. The Morgan fingerprint density at radius 1 is 1.33 bits per heavy atom. The molecule has 3 aromatic heterocycles. The number of H-pyrrole nitrogens is 1. The fraction of sp³-hybridized carbons (Fsp3) is 0.312. The minimum absolute atomic E-state index is 0.0345. The average molecular weight is 350 g/mol. The highest BCUT2D eigenvalue weighted by atomic mass is 32.2. The fourth-order valence-electron chi connectivity index (χ4n) is 2.36. The van der Waals surface area contributed by atoms with Crippen LogP contribution in [0.2, 0.25) is 0 Å². The van der Waals surface area contributed by atoms with Crippen molar-refractivity contribution in [3.05, 3.63) is 35.1 Å². The average Bonchev–Trinajstić information content (AvgIpc) is 3.02. The Labute approximate surface area is 147 Å². The zero-order valence-electron chi connectivity index (χ0n) is 17.3. The first-order valence-electron chi connectivity index (χ1n) is 9.04. The summed E-state index contributed by atoms with van der Waals surface area (Å²) in [6, 6.07) is 2.94. The zero-order valence-corrected chi connectivity index (χ0v) is 14.2. The third-order valence-corrected chi connectivity index (χ3v) is 4.72. The molecule has 0 aliphatic heterocycles. The highest BCUT2D eigenvalue weighted by Gasteiger charge is 2.16. The van der Waals surface area contributed by atoms with E-state index in [4.69, 9.17) is 15.0 Å². The lowest BCUT2D eigenvalue weighted by Gasteiger charge is -2.11. The third kappa shape index (κ3) is 2.96. The fourth-order valence-corrected chi connectivity index (χ4v) is 3.43. The number of nitrogens with zero attached hydrogens (tertiary/aromatic N) is 3. The summed E-state index contributed by atoms with van der Waals surface area (Å²) < 4.78 is 52.2. The smallest absolute Gasteiger partial charge is 0.215 e. The van der Waals surface area contributed by atoms with Crippen LogP contribution >= 0.6 is 0 Å². The van der Waals surface area contributed by atoms with Gasteiger partial charge in [0.15, 0.2) is 10.8 Å². The molecule has 0 fully saturated rings. The number of ether oxygens (including phenoxy) is 2. The monoisotopic (exact) mass is 350 g/mol. The van der Waals surface area contributed by atoms with Crippen molar-refractivity contribution in [1.82, 2.24) is 19.9 Å². The molecule has 1 N–H and O–H groups in total. The minimum atomic E-state index is -2.62. The van der Waals surface area contributed by atoms with E-state index in [9.17, 15) is 4.21 Å². The van der Waals surface area contributed by atoms with Crippen LogP contribution in [-0.2, 0) is 16.6 Å². The Bertz CT molecular complexity index is 1070. The van der Waals surface area contributed by atoms with Gasteiger partial charge in [0.1, 0.15) is 5.75 Å². The van der Waals surface area contributed by atoms with Crippen LogP contribution in [0.5, 0.6) is 11.6 Å². The van der Waals surface area contributed by atoms with Crippen LogP contribution in [-0.4, -0.2) is 38.3 Å². The second-order valence-electron chi connectivity index (χ2n) is 5.11. The number of hydrogen-bond donors (Lipinski definition) is 1. The highest BCUT2D eigenvalue weighted by Crippen LogP contribution is 2.25. The van der Waals surface area contributed by atoms with Crippen LogP contribution in [0.1, 0.15) is 22.3 Å². The van der Waals surface area contributed by atoms with E-state index >= 15 is 0 Å². The molecule has 0 aromatic carbocycles. The van der Waals surface area contributed by atoms with Crippen LogP contribution in [0.25, 0.3) is 11.2 Å². The van der Waals surface area contributed by atoms with Gasteiger partial charge in [-0.25, -0.2) is 4.98 Å². The van der Waals surface area contributed by atoms with Gasteiger partial charge in [-0.1, -0.05) is 0 Å². The van der Waals surface area contributed by atoms with Crippen molar-refractivity contribution in [2.75, 3.05) is 14.1 Å². The number of pyridine rings is 2. The van der Waals surface area contributed by atoms with Crippen molar-refractivity contribution < 1.29 is 19.2 Å². The first kappa shape index (κ1) is 12.0. The van der Waals surface area contributed by atoms with E-state index in [0.717, 1.165) is 0 Å². The number of nitrogens with one attached hydrogen (secondary N) is 1. The van der Waals surface area contributed by atoms with Gasteiger partial charge < -0.3 is 14.5 Å². The molecule has 7 nitrogen and oxygen atoms in total. The Morgan fingerprint density at radius 3 is 2.92 bits per heavy atom. The van der Waals surface area contributed by atoms with E-state index in [1.807, 2.05) is 0 Å². The summed E-state index contributed by atoms with van der Waals surface area (Å²) in [6.45, 7) is 3.54. The molecule has 8 heteroatoms. The van der Waals surface area contributed by atoms with Crippen LogP contribution < -0.4 is 9.47 Å². The summed E-state index contributed by atoms with van der Waals surface area (Å²) in [5, 5.41) is 0.167. The predicted octanol–water partition coefficient (Wildman–Crippen LogP) is 2.29. The Balaban J connectivity index is 1.89. The maximum atomic E-state index is 12.8. The number of aromatic amines is 1. The van der Waals surface area contributed by atoms with Gasteiger partial charge in [-0.15, -0.1) is 0 Å². The molecule has 24 heavy (non-hydrogen) atoms. The molecule has 0 aliphatic carbocycles. The molecule has 1 atom stereocenters. The number of fused-ring (bicyclic) bond motifs is 1. The molecule has 0 aliphatic rings. The summed E-state index contributed by atoms with van der Waals surface area (Å²) in [5.41, 5.74) is 2.49. The number of methoxy groups -OCH3 is 2. The summed E-state index contributed by atoms with van der Waals surface area (Å²) in [4.78, 5) is 15.3. The maximum absolute atomic E-state index is 12.8.